The minimum absolute atomic E-state index is 0.0438. The molecular weight excluding hydrogens is 385 g/mol. The fourth-order valence-electron chi connectivity index (χ4n) is 2.58. The van der Waals surface area contributed by atoms with E-state index < -0.39 is 27.9 Å². The number of aliphatic carboxylic acids is 1. The smallest absolute Gasteiger partial charge is 0.327 e. The Morgan fingerprint density at radius 2 is 1.88 bits per heavy atom. The van der Waals surface area contributed by atoms with Crippen molar-refractivity contribution in [3.8, 4) is 5.75 Å². The molecule has 2 aromatic carbocycles. The summed E-state index contributed by atoms with van der Waals surface area (Å²) in [7, 11) is -2.56. The van der Waals surface area contributed by atoms with Crippen LogP contribution in [0.5, 0.6) is 5.75 Å². The van der Waals surface area contributed by atoms with Gasteiger partial charge in [0, 0.05) is 11.4 Å². The van der Waals surface area contributed by atoms with E-state index in [1.165, 1.54) is 25.3 Å². The number of carboxylic acid groups (broad SMARTS) is 1. The zero-order valence-electron chi connectivity index (χ0n) is 14.0. The summed E-state index contributed by atoms with van der Waals surface area (Å²) >= 11 is 5.96. The maximum Gasteiger partial charge on any atom is 0.327 e. The van der Waals surface area contributed by atoms with Crippen molar-refractivity contribution in [3.63, 3.8) is 0 Å². The molecule has 6 nitrogen and oxygen atoms in total. The van der Waals surface area contributed by atoms with E-state index in [0.717, 1.165) is 22.7 Å². The normalized spacial score (nSPS) is 12.5. The van der Waals surface area contributed by atoms with E-state index in [2.05, 4.69) is 0 Å². The summed E-state index contributed by atoms with van der Waals surface area (Å²) in [6.07, 6.45) is 0.699. The summed E-state index contributed by atoms with van der Waals surface area (Å²) in [4.78, 5) is 11.9. The Bertz CT molecular complexity index is 902. The largest absolute Gasteiger partial charge is 0.496 e. The van der Waals surface area contributed by atoms with E-state index in [1.807, 2.05) is 0 Å². The van der Waals surface area contributed by atoms with Crippen molar-refractivity contribution in [2.75, 3.05) is 17.7 Å². The topological polar surface area (TPSA) is 83.9 Å². The van der Waals surface area contributed by atoms with Crippen molar-refractivity contribution < 1.29 is 27.4 Å². The third kappa shape index (κ3) is 4.64. The molecule has 0 aliphatic heterocycles. The van der Waals surface area contributed by atoms with Crippen LogP contribution in [-0.4, -0.2) is 38.9 Å². The highest BCUT2D eigenvalue weighted by Crippen LogP contribution is 2.28. The molecule has 0 heterocycles. The van der Waals surface area contributed by atoms with E-state index >= 15 is 0 Å². The molecule has 0 saturated carbocycles. The Morgan fingerprint density at radius 3 is 2.38 bits per heavy atom. The summed E-state index contributed by atoms with van der Waals surface area (Å²) in [6.45, 7) is 0. The number of methoxy groups -OCH3 is 1. The quantitative estimate of drug-likeness (QED) is 0.771. The summed E-state index contributed by atoms with van der Waals surface area (Å²) in [5.41, 5.74) is 0.477. The molecule has 0 aliphatic rings. The maximum absolute atomic E-state index is 13.2. The number of ether oxygens (including phenoxy) is 1. The first-order valence-electron chi connectivity index (χ1n) is 7.43. The number of rotatable bonds is 7. The summed E-state index contributed by atoms with van der Waals surface area (Å²) < 4.78 is 43.7. The highest BCUT2D eigenvalue weighted by molar-refractivity contribution is 7.92. The second kappa shape index (κ2) is 7.92. The minimum atomic E-state index is -3.97. The molecule has 2 aromatic rings. The number of carbonyl (C=O) groups is 1. The molecule has 1 N–H and O–H groups in total. The minimum Gasteiger partial charge on any atom is -0.496 e. The van der Waals surface area contributed by atoms with Crippen molar-refractivity contribution in [3.05, 3.63) is 58.9 Å². The van der Waals surface area contributed by atoms with Crippen LogP contribution in [0, 0.1) is 5.82 Å². The number of anilines is 1. The lowest BCUT2D eigenvalue weighted by Gasteiger charge is -2.29. The molecule has 140 valence electrons. The highest BCUT2D eigenvalue weighted by Gasteiger charge is 2.33. The average molecular weight is 402 g/mol. The van der Waals surface area contributed by atoms with Crippen LogP contribution in [0.15, 0.2) is 42.5 Å². The van der Waals surface area contributed by atoms with Crippen molar-refractivity contribution in [1.82, 2.24) is 0 Å². The average Bonchev–Trinajstić information content (AvgIpc) is 2.55. The number of nitrogens with zero attached hydrogens (tertiary/aromatic N) is 1. The van der Waals surface area contributed by atoms with Gasteiger partial charge in [0.15, 0.2) is 0 Å². The Labute approximate surface area is 155 Å². The lowest BCUT2D eigenvalue weighted by Crippen LogP contribution is -2.46. The van der Waals surface area contributed by atoms with Gasteiger partial charge in [0.05, 0.1) is 19.1 Å². The number of hydrogen-bond acceptors (Lipinski definition) is 4. The van der Waals surface area contributed by atoms with Gasteiger partial charge in [-0.1, -0.05) is 11.6 Å². The van der Waals surface area contributed by atoms with Crippen LogP contribution in [0.25, 0.3) is 0 Å². The van der Waals surface area contributed by atoms with Crippen LogP contribution < -0.4 is 9.04 Å². The van der Waals surface area contributed by atoms with Gasteiger partial charge >= 0.3 is 5.97 Å². The van der Waals surface area contributed by atoms with Crippen molar-refractivity contribution in [1.29, 1.82) is 0 Å². The Morgan fingerprint density at radius 1 is 1.27 bits per heavy atom. The van der Waals surface area contributed by atoms with Gasteiger partial charge in [-0.2, -0.15) is 0 Å². The van der Waals surface area contributed by atoms with Crippen LogP contribution in [0.1, 0.15) is 5.56 Å². The van der Waals surface area contributed by atoms with Crippen LogP contribution in [0.4, 0.5) is 10.1 Å². The van der Waals surface area contributed by atoms with E-state index in [9.17, 15) is 22.7 Å². The number of benzene rings is 2. The van der Waals surface area contributed by atoms with E-state index in [-0.39, 0.29) is 12.1 Å². The molecule has 9 heteroatoms. The van der Waals surface area contributed by atoms with Crippen LogP contribution >= 0.6 is 11.6 Å². The SMILES string of the molecule is COc1ccc(Cl)cc1CC(C(=O)O)N(c1ccc(F)cc1)S(C)(=O)=O. The van der Waals surface area contributed by atoms with Crippen LogP contribution in [0.2, 0.25) is 5.02 Å². The maximum atomic E-state index is 13.2. The predicted octanol–water partition coefficient (Wildman–Crippen LogP) is 2.95. The molecule has 1 atom stereocenters. The van der Waals surface area contributed by atoms with Gasteiger partial charge in [-0.15, -0.1) is 0 Å². The summed E-state index contributed by atoms with van der Waals surface area (Å²) in [5.74, 6) is -1.54. The number of sulfonamides is 1. The first kappa shape index (κ1) is 20.0. The van der Waals surface area contributed by atoms with Gasteiger partial charge in [0.2, 0.25) is 10.0 Å². The molecule has 0 aliphatic carbocycles. The molecule has 0 radical (unpaired) electrons. The van der Waals surface area contributed by atoms with Gasteiger partial charge in [-0.3, -0.25) is 4.31 Å². The molecule has 0 amide bonds. The van der Waals surface area contributed by atoms with Crippen molar-refractivity contribution >= 4 is 33.3 Å². The molecule has 0 aromatic heterocycles. The molecule has 1 unspecified atom stereocenters. The van der Waals surface area contributed by atoms with E-state index in [1.54, 1.807) is 12.1 Å². The number of hydrogen-bond donors (Lipinski definition) is 1. The highest BCUT2D eigenvalue weighted by atomic mass is 35.5. The molecule has 0 fully saturated rings. The third-order valence-corrected chi connectivity index (χ3v) is 5.08. The standard InChI is InChI=1S/C17H17ClFNO5S/c1-25-16-8-3-12(18)9-11(16)10-15(17(21)22)20(26(2,23)24)14-6-4-13(19)5-7-14/h3-9,15H,10H2,1-2H3,(H,21,22). The van der Waals surface area contributed by atoms with Gasteiger partial charge in [0.25, 0.3) is 0 Å². The molecule has 0 bridgehead atoms. The Balaban J connectivity index is 2.53. The fraction of sp³-hybridized carbons (Fsp3) is 0.235. The molecular formula is C17H17ClFNO5S. The van der Waals surface area contributed by atoms with Gasteiger partial charge in [-0.25, -0.2) is 17.6 Å². The van der Waals surface area contributed by atoms with Crippen LogP contribution in [-0.2, 0) is 21.2 Å². The molecule has 2 rings (SSSR count). The van der Waals surface area contributed by atoms with Crippen LogP contribution in [0.3, 0.4) is 0 Å². The van der Waals surface area contributed by atoms with Gasteiger partial charge < -0.3 is 9.84 Å². The fourth-order valence-corrected chi connectivity index (χ4v) is 3.90. The Hall–Kier alpha value is -2.32. The summed E-state index contributed by atoms with van der Waals surface area (Å²) in [6, 6.07) is 7.74. The number of carboxylic acids is 1. The second-order valence-electron chi connectivity index (χ2n) is 5.55. The lowest BCUT2D eigenvalue weighted by molar-refractivity contribution is -0.138. The van der Waals surface area contributed by atoms with Gasteiger partial charge in [-0.05, 0) is 48.0 Å². The lowest BCUT2D eigenvalue weighted by atomic mass is 10.0. The zero-order valence-corrected chi connectivity index (χ0v) is 15.6. The zero-order chi connectivity index (χ0) is 19.5. The predicted molar refractivity (Wildman–Crippen MR) is 96.9 cm³/mol. The van der Waals surface area contributed by atoms with E-state index in [0.29, 0.717) is 16.3 Å². The number of halogens is 2. The first-order chi connectivity index (χ1) is 12.1. The van der Waals surface area contributed by atoms with Crippen molar-refractivity contribution in [2.45, 2.75) is 12.5 Å². The molecule has 0 saturated heterocycles. The third-order valence-electron chi connectivity index (χ3n) is 3.66. The molecule has 26 heavy (non-hydrogen) atoms. The second-order valence-corrected chi connectivity index (χ2v) is 7.85. The summed E-state index contributed by atoms with van der Waals surface area (Å²) in [5, 5.41) is 10.0. The Kier molecular flexibility index (Phi) is 6.09. The van der Waals surface area contributed by atoms with E-state index in [4.69, 9.17) is 16.3 Å². The monoisotopic (exact) mass is 401 g/mol. The van der Waals surface area contributed by atoms with Crippen molar-refractivity contribution in [2.24, 2.45) is 0 Å². The van der Waals surface area contributed by atoms with Gasteiger partial charge in [0.1, 0.15) is 17.6 Å². The first-order valence-corrected chi connectivity index (χ1v) is 9.66. The molecule has 0 spiro atoms.